The van der Waals surface area contributed by atoms with Crippen LogP contribution in [0.1, 0.15) is 5.56 Å². The van der Waals surface area contributed by atoms with Gasteiger partial charge >= 0.3 is 19.9 Å². The van der Waals surface area contributed by atoms with Crippen molar-refractivity contribution in [1.29, 1.82) is 0 Å². The number of carbonyl (C=O) groups is 1. The number of nitrogens with one attached hydrogen (secondary N) is 1. The molecule has 0 spiro atoms. The van der Waals surface area contributed by atoms with E-state index in [1.807, 2.05) is 0 Å². The second-order valence-electron chi connectivity index (χ2n) is 5.73. The summed E-state index contributed by atoms with van der Waals surface area (Å²) in [6.07, 6.45) is -1.41. The summed E-state index contributed by atoms with van der Waals surface area (Å²) < 4.78 is 33.6. The fourth-order valence-electron chi connectivity index (χ4n) is 1.93. The van der Waals surface area contributed by atoms with Crippen LogP contribution in [0, 0.1) is 11.6 Å². The third-order valence-corrected chi connectivity index (χ3v) is 3.69. The zero-order valence-electron chi connectivity index (χ0n) is 17.1. The normalized spacial score (nSPS) is 11.4. The van der Waals surface area contributed by atoms with Gasteiger partial charge in [0.15, 0.2) is 11.7 Å². The number of halogens is 8. The van der Waals surface area contributed by atoms with Crippen molar-refractivity contribution in [3.63, 3.8) is 0 Å². The predicted molar refractivity (Wildman–Crippen MR) is 130 cm³/mol. The molecule has 4 N–H and O–H groups in total. The zero-order chi connectivity index (χ0) is 27.5. The summed E-state index contributed by atoms with van der Waals surface area (Å²) in [5.41, 5.74) is 5.48. The lowest BCUT2D eigenvalue weighted by Gasteiger charge is -2.15. The molecule has 0 radical (unpaired) electrons. The van der Waals surface area contributed by atoms with Gasteiger partial charge in [-0.1, -0.05) is 34.6 Å². The number of amidine groups is 1. The Morgan fingerprint density at radius 2 is 1.47 bits per heavy atom. The van der Waals surface area contributed by atoms with Crippen molar-refractivity contribution in [2.24, 2.45) is 10.9 Å². The van der Waals surface area contributed by atoms with Crippen LogP contribution >= 0.6 is 69.6 Å². The average Bonchev–Trinajstić information content (AvgIpc) is 3.18. The third kappa shape index (κ3) is 12.5. The quantitative estimate of drug-likeness (QED) is 0.0792. The van der Waals surface area contributed by atoms with Crippen LogP contribution in [-0.4, -0.2) is 35.3 Å². The van der Waals surface area contributed by atoms with E-state index in [9.17, 15) is 18.4 Å². The standard InChI is InChI=1S/C8H5FN2O2.C7H7FN2O.C3Cl6O3/c9-6-4-2-1-3-5(6)7-10-8(12)13-11-7;8-6-4-2-1-3-5(6)7(9)10-11;4-2(5,6)11-1(10)12-3(7,8)9/h1-4H,(H,10,11,12);1-4,11H,(H2,9,10);. The molecule has 1 heterocycles. The first-order valence-electron chi connectivity index (χ1n) is 8.71. The average molecular weight is 631 g/mol. The Kier molecular flexibility index (Phi) is 12.5. The summed E-state index contributed by atoms with van der Waals surface area (Å²) in [7, 11) is 0. The molecule has 196 valence electrons. The SMILES string of the molecule is N/C(=N\O)c1ccccc1F.O=C(OC(Cl)(Cl)Cl)OC(Cl)(Cl)Cl.O=c1[nH]c(-c2ccccc2F)no1. The summed E-state index contributed by atoms with van der Waals surface area (Å²) >= 11 is 30.2. The van der Waals surface area contributed by atoms with Gasteiger partial charge in [0.2, 0.25) is 0 Å². The molecule has 0 aliphatic rings. The Bertz CT molecular complexity index is 1210. The van der Waals surface area contributed by atoms with Crippen LogP contribution in [-0.2, 0) is 9.47 Å². The lowest BCUT2D eigenvalue weighted by Crippen LogP contribution is -2.22. The number of carbonyl (C=O) groups excluding carboxylic acids is 1. The van der Waals surface area contributed by atoms with E-state index in [-0.39, 0.29) is 22.8 Å². The number of ether oxygens (including phenoxy) is 2. The molecule has 18 heteroatoms. The minimum atomic E-state index is -2.24. The molecule has 0 bridgehead atoms. The topological polar surface area (TPSA) is 153 Å². The van der Waals surface area contributed by atoms with Crippen molar-refractivity contribution < 1.29 is 32.8 Å². The zero-order valence-corrected chi connectivity index (χ0v) is 21.6. The number of benzene rings is 2. The number of aromatic nitrogens is 2. The highest BCUT2D eigenvalue weighted by molar-refractivity contribution is 6.67. The van der Waals surface area contributed by atoms with Gasteiger partial charge < -0.3 is 20.4 Å². The van der Waals surface area contributed by atoms with Crippen LogP contribution in [0.15, 0.2) is 63.0 Å². The molecule has 36 heavy (non-hydrogen) atoms. The largest absolute Gasteiger partial charge is 0.515 e. The van der Waals surface area contributed by atoms with Crippen LogP contribution in [0.5, 0.6) is 0 Å². The first kappa shape index (κ1) is 31.5. The monoisotopic (exact) mass is 628 g/mol. The minimum absolute atomic E-state index is 0.100. The van der Waals surface area contributed by atoms with E-state index in [0.29, 0.717) is 0 Å². The molecule has 0 unspecified atom stereocenters. The Morgan fingerprint density at radius 3 is 1.89 bits per heavy atom. The lowest BCUT2D eigenvalue weighted by molar-refractivity contribution is 0.0508. The Balaban J connectivity index is 0.000000271. The van der Waals surface area contributed by atoms with Crippen LogP contribution < -0.4 is 11.5 Å². The van der Waals surface area contributed by atoms with E-state index in [0.717, 1.165) is 0 Å². The fourth-order valence-corrected chi connectivity index (χ4v) is 2.31. The fraction of sp³-hybridized carbons (Fsp3) is 0.111. The van der Waals surface area contributed by atoms with E-state index >= 15 is 0 Å². The lowest BCUT2D eigenvalue weighted by atomic mass is 10.2. The van der Waals surface area contributed by atoms with Gasteiger partial charge in [0.25, 0.3) is 0 Å². The molecule has 3 rings (SSSR count). The Morgan fingerprint density at radius 1 is 0.972 bits per heavy atom. The van der Waals surface area contributed by atoms with Crippen molar-refractivity contribution in [1.82, 2.24) is 10.1 Å². The maximum atomic E-state index is 13.1. The van der Waals surface area contributed by atoms with Crippen molar-refractivity contribution in [3.05, 3.63) is 76.3 Å². The van der Waals surface area contributed by atoms with Gasteiger partial charge in [0.1, 0.15) is 11.6 Å². The number of hydrogen-bond acceptors (Lipinski definition) is 8. The van der Waals surface area contributed by atoms with Gasteiger partial charge in [-0.05, 0) is 93.9 Å². The van der Waals surface area contributed by atoms with E-state index in [2.05, 4.69) is 29.3 Å². The van der Waals surface area contributed by atoms with Gasteiger partial charge in [-0.3, -0.25) is 9.51 Å². The molecule has 1 aromatic heterocycles. The molecular formula is C18H12Cl6F2N4O6. The van der Waals surface area contributed by atoms with Crippen molar-refractivity contribution in [2.45, 2.75) is 7.96 Å². The van der Waals surface area contributed by atoms with Crippen LogP contribution in [0.3, 0.4) is 0 Å². The molecule has 0 saturated carbocycles. The van der Waals surface area contributed by atoms with Crippen molar-refractivity contribution >= 4 is 81.6 Å². The minimum Gasteiger partial charge on any atom is -0.409 e. The van der Waals surface area contributed by atoms with Gasteiger partial charge in [-0.2, -0.15) is 0 Å². The second-order valence-corrected chi connectivity index (χ2v) is 10.1. The van der Waals surface area contributed by atoms with Gasteiger partial charge in [0.05, 0.1) is 11.1 Å². The first-order valence-corrected chi connectivity index (χ1v) is 11.0. The predicted octanol–water partition coefficient (Wildman–Crippen LogP) is 5.88. The summed E-state index contributed by atoms with van der Waals surface area (Å²) in [5, 5.41) is 14.2. The number of nitrogens with zero attached hydrogens (tertiary/aromatic N) is 2. The molecule has 0 saturated heterocycles. The number of alkyl halides is 6. The Labute approximate surface area is 230 Å². The molecule has 10 nitrogen and oxygen atoms in total. The van der Waals surface area contributed by atoms with E-state index in [1.54, 1.807) is 18.2 Å². The first-order chi connectivity index (χ1) is 16.6. The molecular weight excluding hydrogens is 619 g/mol. The van der Waals surface area contributed by atoms with Crippen molar-refractivity contribution in [3.8, 4) is 11.4 Å². The van der Waals surface area contributed by atoms with Gasteiger partial charge in [-0.15, -0.1) is 0 Å². The third-order valence-electron chi connectivity index (χ3n) is 3.22. The molecule has 2 aromatic carbocycles. The smallest absolute Gasteiger partial charge is 0.409 e. The molecule has 0 aliphatic heterocycles. The van der Waals surface area contributed by atoms with Crippen LogP contribution in [0.25, 0.3) is 11.4 Å². The highest BCUT2D eigenvalue weighted by atomic mass is 35.6. The summed E-state index contributed by atoms with van der Waals surface area (Å²) in [5.74, 6) is -1.76. The summed E-state index contributed by atoms with van der Waals surface area (Å²) in [6.45, 7) is 0. The van der Waals surface area contributed by atoms with Crippen molar-refractivity contribution in [2.75, 3.05) is 0 Å². The number of rotatable bonds is 2. The van der Waals surface area contributed by atoms with Crippen LogP contribution in [0.2, 0.25) is 0 Å². The number of hydrogen-bond donors (Lipinski definition) is 3. The van der Waals surface area contributed by atoms with Gasteiger partial charge in [0, 0.05) is 0 Å². The highest BCUT2D eigenvalue weighted by Gasteiger charge is 2.32. The molecule has 0 amide bonds. The van der Waals surface area contributed by atoms with E-state index < -0.39 is 31.5 Å². The number of aromatic amines is 1. The molecule has 3 aromatic rings. The maximum Gasteiger partial charge on any atom is 0.515 e. The highest BCUT2D eigenvalue weighted by Crippen LogP contribution is 2.32. The summed E-state index contributed by atoms with van der Waals surface area (Å²) in [4.78, 5) is 23.4. The van der Waals surface area contributed by atoms with E-state index in [1.165, 1.54) is 30.3 Å². The summed E-state index contributed by atoms with van der Waals surface area (Å²) in [6, 6.07) is 11.8. The molecule has 0 atom stereocenters. The second kappa shape index (κ2) is 14.3. The Hall–Kier alpha value is -2.48. The van der Waals surface area contributed by atoms with Gasteiger partial charge in [-0.25, -0.2) is 18.4 Å². The maximum absolute atomic E-state index is 13.1. The molecule has 0 fully saturated rings. The van der Waals surface area contributed by atoms with Crippen LogP contribution in [0.4, 0.5) is 13.6 Å². The number of oxime groups is 1. The number of nitrogens with two attached hydrogens (primary N) is 1. The molecule has 0 aliphatic carbocycles. The van der Waals surface area contributed by atoms with E-state index in [4.69, 9.17) is 80.5 Å². The number of H-pyrrole nitrogens is 1.